The second-order valence-corrected chi connectivity index (χ2v) is 5.37. The highest BCUT2D eigenvalue weighted by Crippen LogP contribution is 2.32. The van der Waals surface area contributed by atoms with Crippen LogP contribution in [-0.4, -0.2) is 29.3 Å². The zero-order valence-electron chi connectivity index (χ0n) is 11.1. The molecule has 0 bridgehead atoms. The third-order valence-electron chi connectivity index (χ3n) is 3.63. The maximum Gasteiger partial charge on any atom is 0.214 e. The summed E-state index contributed by atoms with van der Waals surface area (Å²) in [5, 5.41) is 13.8. The Kier molecular flexibility index (Phi) is 4.07. The maximum atomic E-state index is 10.5. The molecule has 4 heteroatoms. The van der Waals surface area contributed by atoms with E-state index in [0.717, 1.165) is 24.9 Å². The van der Waals surface area contributed by atoms with Gasteiger partial charge in [-0.05, 0) is 24.8 Å². The normalized spacial score (nSPS) is 27.8. The van der Waals surface area contributed by atoms with E-state index >= 15 is 0 Å². The molecular formula is C14H22N2O2. The predicted octanol–water partition coefficient (Wildman–Crippen LogP) is 2.44. The minimum absolute atomic E-state index is 0.575. The second kappa shape index (κ2) is 5.57. The van der Waals surface area contributed by atoms with E-state index in [1.807, 2.05) is 12.1 Å². The number of ether oxygens (including phenoxy) is 1. The van der Waals surface area contributed by atoms with Crippen LogP contribution < -0.4 is 10.1 Å². The monoisotopic (exact) mass is 250 g/mol. The minimum atomic E-state index is -0.575. The Balaban J connectivity index is 1.93. The van der Waals surface area contributed by atoms with Gasteiger partial charge >= 0.3 is 0 Å². The van der Waals surface area contributed by atoms with Gasteiger partial charge in [0, 0.05) is 24.5 Å². The van der Waals surface area contributed by atoms with E-state index in [4.69, 9.17) is 4.74 Å². The van der Waals surface area contributed by atoms with Gasteiger partial charge in [-0.1, -0.05) is 19.8 Å². The largest absolute Gasteiger partial charge is 0.481 e. The van der Waals surface area contributed by atoms with Crippen molar-refractivity contribution in [3.05, 3.63) is 18.3 Å². The molecular weight excluding hydrogens is 228 g/mol. The van der Waals surface area contributed by atoms with Gasteiger partial charge in [0.15, 0.2) is 0 Å². The Hall–Kier alpha value is -1.29. The third kappa shape index (κ3) is 3.35. The molecule has 2 rings (SSSR count). The number of nitrogens with zero attached hydrogens (tertiary/aromatic N) is 1. The number of rotatable bonds is 4. The number of hydrogen-bond acceptors (Lipinski definition) is 4. The number of nitrogens with one attached hydrogen (secondary N) is 1. The minimum Gasteiger partial charge on any atom is -0.481 e. The summed E-state index contributed by atoms with van der Waals surface area (Å²) in [5.41, 5.74) is 0.363. The molecule has 1 aliphatic carbocycles. The molecule has 0 aliphatic heterocycles. The molecule has 2 unspecified atom stereocenters. The summed E-state index contributed by atoms with van der Waals surface area (Å²) < 4.78 is 5.08. The van der Waals surface area contributed by atoms with Gasteiger partial charge in [0.05, 0.1) is 12.7 Å². The van der Waals surface area contributed by atoms with Crippen molar-refractivity contribution < 1.29 is 9.84 Å². The van der Waals surface area contributed by atoms with Crippen molar-refractivity contribution >= 4 is 5.69 Å². The van der Waals surface area contributed by atoms with E-state index in [-0.39, 0.29) is 0 Å². The summed E-state index contributed by atoms with van der Waals surface area (Å²) in [6, 6.07) is 3.73. The number of hydrogen-bond donors (Lipinski definition) is 2. The van der Waals surface area contributed by atoms with Crippen LogP contribution in [0.15, 0.2) is 18.3 Å². The molecule has 1 saturated carbocycles. The van der Waals surface area contributed by atoms with Crippen LogP contribution in [0.25, 0.3) is 0 Å². The highest BCUT2D eigenvalue weighted by atomic mass is 16.5. The average molecular weight is 250 g/mol. The molecule has 1 aromatic heterocycles. The molecule has 0 saturated heterocycles. The smallest absolute Gasteiger partial charge is 0.214 e. The summed E-state index contributed by atoms with van der Waals surface area (Å²) >= 11 is 0. The van der Waals surface area contributed by atoms with Crippen molar-refractivity contribution in [2.75, 3.05) is 19.0 Å². The maximum absolute atomic E-state index is 10.5. The quantitative estimate of drug-likeness (QED) is 0.862. The fraction of sp³-hybridized carbons (Fsp3) is 0.643. The Labute approximate surface area is 108 Å². The van der Waals surface area contributed by atoms with Crippen LogP contribution in [0.1, 0.15) is 32.6 Å². The molecule has 100 valence electrons. The van der Waals surface area contributed by atoms with Crippen molar-refractivity contribution in [3.8, 4) is 5.88 Å². The van der Waals surface area contributed by atoms with Crippen molar-refractivity contribution in [2.45, 2.75) is 38.2 Å². The molecule has 1 aromatic rings. The lowest BCUT2D eigenvalue weighted by atomic mass is 9.79. The van der Waals surface area contributed by atoms with Crippen molar-refractivity contribution in [2.24, 2.45) is 5.92 Å². The fourth-order valence-corrected chi connectivity index (χ4v) is 2.69. The SMILES string of the molecule is COc1cc(NCC2(O)CCCC(C)C2)ccn1. The van der Waals surface area contributed by atoms with Crippen molar-refractivity contribution in [1.82, 2.24) is 4.98 Å². The first-order valence-electron chi connectivity index (χ1n) is 6.58. The van der Waals surface area contributed by atoms with E-state index in [1.54, 1.807) is 13.3 Å². The number of aromatic nitrogens is 1. The summed E-state index contributed by atoms with van der Waals surface area (Å²) in [6.45, 7) is 2.80. The number of anilines is 1. The highest BCUT2D eigenvalue weighted by molar-refractivity contribution is 5.45. The van der Waals surface area contributed by atoms with Crippen LogP contribution in [0.2, 0.25) is 0 Å². The Morgan fingerprint density at radius 1 is 1.61 bits per heavy atom. The zero-order chi connectivity index (χ0) is 13.0. The zero-order valence-corrected chi connectivity index (χ0v) is 11.1. The molecule has 18 heavy (non-hydrogen) atoms. The van der Waals surface area contributed by atoms with Crippen LogP contribution in [0.3, 0.4) is 0 Å². The van der Waals surface area contributed by atoms with Gasteiger partial charge in [0.2, 0.25) is 5.88 Å². The summed E-state index contributed by atoms with van der Waals surface area (Å²) in [7, 11) is 1.60. The fourth-order valence-electron chi connectivity index (χ4n) is 2.69. The molecule has 0 aromatic carbocycles. The first-order chi connectivity index (χ1) is 8.61. The topological polar surface area (TPSA) is 54.4 Å². The van der Waals surface area contributed by atoms with Gasteiger partial charge in [0.1, 0.15) is 0 Å². The Morgan fingerprint density at radius 2 is 2.44 bits per heavy atom. The van der Waals surface area contributed by atoms with E-state index < -0.39 is 5.60 Å². The summed E-state index contributed by atoms with van der Waals surface area (Å²) in [5.74, 6) is 1.20. The van der Waals surface area contributed by atoms with Gasteiger partial charge in [-0.15, -0.1) is 0 Å². The molecule has 0 spiro atoms. The first-order valence-corrected chi connectivity index (χ1v) is 6.58. The molecule has 1 aliphatic rings. The van der Waals surface area contributed by atoms with Gasteiger partial charge in [-0.2, -0.15) is 0 Å². The van der Waals surface area contributed by atoms with Gasteiger partial charge in [-0.3, -0.25) is 0 Å². The van der Waals surface area contributed by atoms with Crippen LogP contribution in [0, 0.1) is 5.92 Å². The lowest BCUT2D eigenvalue weighted by molar-refractivity contribution is -0.000767. The van der Waals surface area contributed by atoms with Crippen LogP contribution >= 0.6 is 0 Å². The number of methoxy groups -OCH3 is 1. The Morgan fingerprint density at radius 3 is 3.17 bits per heavy atom. The first kappa shape index (κ1) is 13.1. The molecule has 2 atom stereocenters. The molecule has 0 radical (unpaired) electrons. The van der Waals surface area contributed by atoms with Crippen LogP contribution in [-0.2, 0) is 0 Å². The number of pyridine rings is 1. The van der Waals surface area contributed by atoms with Crippen LogP contribution in [0.4, 0.5) is 5.69 Å². The summed E-state index contributed by atoms with van der Waals surface area (Å²) in [4.78, 5) is 4.06. The van der Waals surface area contributed by atoms with E-state index in [0.29, 0.717) is 18.3 Å². The third-order valence-corrected chi connectivity index (χ3v) is 3.63. The number of aliphatic hydroxyl groups is 1. The van der Waals surface area contributed by atoms with E-state index in [1.165, 1.54) is 6.42 Å². The van der Waals surface area contributed by atoms with Gasteiger partial charge < -0.3 is 15.2 Å². The van der Waals surface area contributed by atoms with E-state index in [2.05, 4.69) is 17.2 Å². The van der Waals surface area contributed by atoms with Crippen molar-refractivity contribution in [3.63, 3.8) is 0 Å². The lowest BCUT2D eigenvalue weighted by Gasteiger charge is -2.35. The molecule has 1 heterocycles. The molecule has 2 N–H and O–H groups in total. The van der Waals surface area contributed by atoms with Crippen LogP contribution in [0.5, 0.6) is 5.88 Å². The predicted molar refractivity (Wildman–Crippen MR) is 71.9 cm³/mol. The molecule has 1 fully saturated rings. The molecule has 4 nitrogen and oxygen atoms in total. The Bertz CT molecular complexity index is 397. The highest BCUT2D eigenvalue weighted by Gasteiger charge is 2.32. The summed E-state index contributed by atoms with van der Waals surface area (Å²) in [6.07, 6.45) is 5.80. The molecule has 0 amide bonds. The van der Waals surface area contributed by atoms with Crippen molar-refractivity contribution in [1.29, 1.82) is 0 Å². The van der Waals surface area contributed by atoms with Gasteiger partial charge in [-0.25, -0.2) is 4.98 Å². The standard InChI is InChI=1S/C14H22N2O2/c1-11-4-3-6-14(17,9-11)10-16-12-5-7-15-13(8-12)18-2/h5,7-8,11,17H,3-4,6,9-10H2,1-2H3,(H,15,16). The second-order valence-electron chi connectivity index (χ2n) is 5.37. The van der Waals surface area contributed by atoms with Gasteiger partial charge in [0.25, 0.3) is 0 Å². The lowest BCUT2D eigenvalue weighted by Crippen LogP contribution is -2.41. The van der Waals surface area contributed by atoms with E-state index in [9.17, 15) is 5.11 Å². The average Bonchev–Trinajstić information content (AvgIpc) is 2.37.